The molecule has 1 heterocycles. The first kappa shape index (κ1) is 14.4. The number of allylic oxidation sites excluding steroid dienone is 1. The maximum atomic E-state index is 12.1. The summed E-state index contributed by atoms with van der Waals surface area (Å²) in [6, 6.07) is 5.81. The van der Waals surface area contributed by atoms with Crippen molar-refractivity contribution in [2.24, 2.45) is 5.18 Å². The van der Waals surface area contributed by atoms with Crippen LogP contribution >= 0.6 is 11.3 Å². The third-order valence-electron chi connectivity index (χ3n) is 3.08. The van der Waals surface area contributed by atoms with Gasteiger partial charge in [0.15, 0.2) is 5.78 Å². The molecular weight excluding hydrogens is 274 g/mol. The van der Waals surface area contributed by atoms with Gasteiger partial charge >= 0.3 is 0 Å². The minimum Gasteiger partial charge on any atom is -0.496 e. The van der Waals surface area contributed by atoms with E-state index in [0.29, 0.717) is 11.3 Å². The predicted octanol–water partition coefficient (Wildman–Crippen LogP) is 4.46. The fraction of sp³-hybridized carbons (Fsp3) is 0.267. The van der Waals surface area contributed by atoms with E-state index in [9.17, 15) is 9.70 Å². The van der Waals surface area contributed by atoms with Gasteiger partial charge in [0.25, 0.3) is 0 Å². The van der Waals surface area contributed by atoms with Crippen LogP contribution in [0.2, 0.25) is 0 Å². The molecule has 0 spiro atoms. The molecule has 4 nitrogen and oxygen atoms in total. The van der Waals surface area contributed by atoms with Crippen molar-refractivity contribution in [1.82, 2.24) is 0 Å². The van der Waals surface area contributed by atoms with E-state index in [1.165, 1.54) is 11.3 Å². The highest BCUT2D eigenvalue weighted by Gasteiger charge is 2.12. The number of nitroso groups, excluding NO2 is 1. The van der Waals surface area contributed by atoms with Gasteiger partial charge in [-0.2, -0.15) is 0 Å². The molecule has 0 unspecified atom stereocenters. The lowest BCUT2D eigenvalue weighted by molar-refractivity contribution is 0.0986. The standard InChI is InChI=1S/C15H15NO3S/c1-9-6-14-11(7-13(9)19-3)8-15(20-14)12(17)5-4-10(2)16-18/h6-8H,2,4-5H2,1,3H3. The van der Waals surface area contributed by atoms with Crippen LogP contribution < -0.4 is 4.74 Å². The second-order valence-corrected chi connectivity index (χ2v) is 5.63. The molecule has 0 saturated carbocycles. The van der Waals surface area contributed by atoms with Crippen LogP contribution in [0.15, 0.2) is 35.7 Å². The zero-order chi connectivity index (χ0) is 14.7. The Kier molecular flexibility index (Phi) is 4.29. The first-order valence-electron chi connectivity index (χ1n) is 6.17. The van der Waals surface area contributed by atoms with Gasteiger partial charge in [-0.3, -0.25) is 4.79 Å². The molecule has 0 bridgehead atoms. The van der Waals surface area contributed by atoms with Crippen LogP contribution in [0.3, 0.4) is 0 Å². The molecule has 1 aromatic heterocycles. The van der Waals surface area contributed by atoms with Gasteiger partial charge in [-0.05, 0) is 47.7 Å². The minimum absolute atomic E-state index is 0.00706. The zero-order valence-electron chi connectivity index (χ0n) is 11.4. The van der Waals surface area contributed by atoms with Gasteiger partial charge in [-0.15, -0.1) is 16.2 Å². The Morgan fingerprint density at radius 1 is 1.35 bits per heavy atom. The number of methoxy groups -OCH3 is 1. The number of thiophene rings is 1. The summed E-state index contributed by atoms with van der Waals surface area (Å²) in [5.41, 5.74) is 1.25. The largest absolute Gasteiger partial charge is 0.496 e. The quantitative estimate of drug-likeness (QED) is 0.582. The van der Waals surface area contributed by atoms with E-state index in [2.05, 4.69) is 11.8 Å². The number of rotatable bonds is 6. The Labute approximate surface area is 121 Å². The van der Waals surface area contributed by atoms with E-state index in [-0.39, 0.29) is 17.9 Å². The van der Waals surface area contributed by atoms with Crippen LogP contribution in [0.5, 0.6) is 5.75 Å². The summed E-state index contributed by atoms with van der Waals surface area (Å²) in [6.07, 6.45) is 0.562. The third-order valence-corrected chi connectivity index (χ3v) is 4.22. The van der Waals surface area contributed by atoms with Crippen molar-refractivity contribution >= 4 is 27.2 Å². The Morgan fingerprint density at radius 3 is 2.75 bits per heavy atom. The van der Waals surface area contributed by atoms with Crippen molar-refractivity contribution in [2.45, 2.75) is 19.8 Å². The molecule has 0 amide bonds. The number of carbonyl (C=O) groups is 1. The molecule has 2 rings (SSSR count). The van der Waals surface area contributed by atoms with E-state index >= 15 is 0 Å². The van der Waals surface area contributed by atoms with Crippen molar-refractivity contribution in [3.63, 3.8) is 0 Å². The van der Waals surface area contributed by atoms with Gasteiger partial charge in [-0.25, -0.2) is 0 Å². The van der Waals surface area contributed by atoms with Crippen LogP contribution in [0.1, 0.15) is 28.1 Å². The summed E-state index contributed by atoms with van der Waals surface area (Å²) in [6.45, 7) is 5.44. The molecule has 104 valence electrons. The maximum Gasteiger partial charge on any atom is 0.173 e. The monoisotopic (exact) mass is 289 g/mol. The molecule has 1 aromatic carbocycles. The van der Waals surface area contributed by atoms with Crippen LogP contribution in [0.25, 0.3) is 10.1 Å². The lowest BCUT2D eigenvalue weighted by atomic mass is 10.1. The van der Waals surface area contributed by atoms with Gasteiger partial charge in [0.1, 0.15) is 5.75 Å². The molecule has 0 N–H and O–H groups in total. The molecule has 0 fully saturated rings. The fourth-order valence-electron chi connectivity index (χ4n) is 1.95. The van der Waals surface area contributed by atoms with Crippen LogP contribution in [0.4, 0.5) is 0 Å². The molecular formula is C15H15NO3S. The molecule has 0 aliphatic carbocycles. The topological polar surface area (TPSA) is 55.7 Å². The highest BCUT2D eigenvalue weighted by molar-refractivity contribution is 7.20. The zero-order valence-corrected chi connectivity index (χ0v) is 12.3. The molecule has 0 atom stereocenters. The molecule has 0 aliphatic heterocycles. The van der Waals surface area contributed by atoms with Crippen molar-refractivity contribution in [1.29, 1.82) is 0 Å². The number of fused-ring (bicyclic) bond motifs is 1. The highest BCUT2D eigenvalue weighted by Crippen LogP contribution is 2.32. The van der Waals surface area contributed by atoms with Crippen LogP contribution in [-0.4, -0.2) is 12.9 Å². The van der Waals surface area contributed by atoms with Crippen molar-refractivity contribution in [3.05, 3.63) is 45.8 Å². The molecule has 0 aliphatic rings. The minimum atomic E-state index is 0.00706. The second-order valence-electron chi connectivity index (χ2n) is 4.55. The van der Waals surface area contributed by atoms with Crippen molar-refractivity contribution < 1.29 is 9.53 Å². The number of hydrogen-bond acceptors (Lipinski definition) is 5. The Bertz CT molecular complexity index is 688. The normalized spacial score (nSPS) is 10.5. The van der Waals surface area contributed by atoms with E-state index in [1.807, 2.05) is 25.1 Å². The first-order valence-corrected chi connectivity index (χ1v) is 6.99. The molecule has 2 aromatic rings. The number of nitrogens with zero attached hydrogens (tertiary/aromatic N) is 1. The summed E-state index contributed by atoms with van der Waals surface area (Å²) in [4.78, 5) is 23.0. The summed E-state index contributed by atoms with van der Waals surface area (Å²) in [5, 5.41) is 3.71. The van der Waals surface area contributed by atoms with Gasteiger partial charge in [-0.1, -0.05) is 6.58 Å². The average Bonchev–Trinajstić information content (AvgIpc) is 2.85. The molecule has 20 heavy (non-hydrogen) atoms. The maximum absolute atomic E-state index is 12.1. The van der Waals surface area contributed by atoms with E-state index in [4.69, 9.17) is 4.74 Å². The lowest BCUT2D eigenvalue weighted by Gasteiger charge is -2.03. The molecule has 0 radical (unpaired) electrons. The Morgan fingerprint density at radius 2 is 2.10 bits per heavy atom. The SMILES string of the molecule is C=C(CCC(=O)c1cc2cc(OC)c(C)cc2s1)N=O. The number of aryl methyl sites for hydroxylation is 1. The van der Waals surface area contributed by atoms with Gasteiger partial charge in [0.05, 0.1) is 17.7 Å². The number of hydrogen-bond donors (Lipinski definition) is 0. The van der Waals surface area contributed by atoms with E-state index in [0.717, 1.165) is 21.4 Å². The number of Topliss-reactive ketones (excluding diaryl/α,β-unsaturated/α-hetero) is 1. The number of ether oxygens (including phenoxy) is 1. The van der Waals surface area contributed by atoms with Crippen LogP contribution in [-0.2, 0) is 0 Å². The fourth-order valence-corrected chi connectivity index (χ4v) is 3.06. The summed E-state index contributed by atoms with van der Waals surface area (Å²) >= 11 is 1.45. The smallest absolute Gasteiger partial charge is 0.173 e. The van der Waals surface area contributed by atoms with Crippen molar-refractivity contribution in [2.75, 3.05) is 7.11 Å². The second kappa shape index (κ2) is 5.96. The number of benzene rings is 1. The highest BCUT2D eigenvalue weighted by atomic mass is 32.1. The third kappa shape index (κ3) is 2.93. The van der Waals surface area contributed by atoms with Crippen LogP contribution in [0, 0.1) is 11.8 Å². The molecule has 5 heteroatoms. The average molecular weight is 289 g/mol. The Hall–Kier alpha value is -2.01. The summed E-state index contributed by atoms with van der Waals surface area (Å²) in [5.74, 6) is 0.820. The predicted molar refractivity (Wildman–Crippen MR) is 81.6 cm³/mol. The van der Waals surface area contributed by atoms with Gasteiger partial charge in [0.2, 0.25) is 0 Å². The summed E-state index contributed by atoms with van der Waals surface area (Å²) < 4.78 is 6.33. The van der Waals surface area contributed by atoms with E-state index < -0.39 is 0 Å². The van der Waals surface area contributed by atoms with Crippen molar-refractivity contribution in [3.8, 4) is 5.75 Å². The lowest BCUT2D eigenvalue weighted by Crippen LogP contribution is -1.95. The van der Waals surface area contributed by atoms with Gasteiger partial charge < -0.3 is 4.74 Å². The first-order chi connectivity index (χ1) is 9.55. The number of carbonyl (C=O) groups excluding carboxylic acids is 1. The van der Waals surface area contributed by atoms with E-state index in [1.54, 1.807) is 7.11 Å². The molecule has 0 saturated heterocycles. The number of ketones is 1. The Balaban J connectivity index is 2.25. The summed E-state index contributed by atoms with van der Waals surface area (Å²) in [7, 11) is 1.63. The van der Waals surface area contributed by atoms with Gasteiger partial charge in [0, 0.05) is 11.1 Å².